The van der Waals surface area contributed by atoms with Crippen molar-refractivity contribution in [3.8, 4) is 16.9 Å². The third-order valence-electron chi connectivity index (χ3n) is 4.45. The SMILES string of the molecule is CC(/C=N/Nc1ccccc1)=N\N=c1/scc(-c2ccc(Cl)cc2)n1-c1ccc(Br)cc1. The summed E-state index contributed by atoms with van der Waals surface area (Å²) in [7, 11) is 0. The van der Waals surface area contributed by atoms with E-state index in [1.165, 1.54) is 11.3 Å². The van der Waals surface area contributed by atoms with Crippen molar-refractivity contribution < 1.29 is 0 Å². The van der Waals surface area contributed by atoms with E-state index in [4.69, 9.17) is 11.6 Å². The van der Waals surface area contributed by atoms with Gasteiger partial charge < -0.3 is 0 Å². The lowest BCUT2D eigenvalue weighted by molar-refractivity contribution is 0.971. The van der Waals surface area contributed by atoms with E-state index in [1.54, 1.807) is 6.21 Å². The van der Waals surface area contributed by atoms with Crippen molar-refractivity contribution in [1.29, 1.82) is 0 Å². The van der Waals surface area contributed by atoms with Crippen molar-refractivity contribution in [2.24, 2.45) is 15.3 Å². The second-order valence-electron chi connectivity index (χ2n) is 6.80. The maximum atomic E-state index is 6.08. The number of hydrogen-bond donors (Lipinski definition) is 1. The Morgan fingerprint density at radius 1 is 1.00 bits per heavy atom. The van der Waals surface area contributed by atoms with E-state index in [9.17, 15) is 0 Å². The number of rotatable bonds is 6. The molecule has 0 bridgehead atoms. The highest BCUT2D eigenvalue weighted by Crippen LogP contribution is 2.25. The zero-order chi connectivity index (χ0) is 22.3. The van der Waals surface area contributed by atoms with Crippen LogP contribution in [0.15, 0.2) is 104 Å². The maximum Gasteiger partial charge on any atom is 0.215 e. The monoisotopic (exact) mass is 523 g/mol. The molecule has 0 unspecified atom stereocenters. The summed E-state index contributed by atoms with van der Waals surface area (Å²) in [5.41, 5.74) is 7.61. The molecule has 4 rings (SSSR count). The summed E-state index contributed by atoms with van der Waals surface area (Å²) < 4.78 is 3.09. The van der Waals surface area contributed by atoms with Crippen LogP contribution in [-0.2, 0) is 0 Å². The molecular weight excluding hydrogens is 506 g/mol. The molecule has 0 aliphatic rings. The van der Waals surface area contributed by atoms with Crippen LogP contribution in [0, 0.1) is 0 Å². The second kappa shape index (κ2) is 10.5. The van der Waals surface area contributed by atoms with Gasteiger partial charge in [0.05, 0.1) is 23.3 Å². The lowest BCUT2D eigenvalue weighted by atomic mass is 10.1. The van der Waals surface area contributed by atoms with E-state index < -0.39 is 0 Å². The first-order valence-corrected chi connectivity index (χ1v) is 11.8. The lowest BCUT2D eigenvalue weighted by Crippen LogP contribution is -2.14. The number of aromatic nitrogens is 1. The van der Waals surface area contributed by atoms with Crippen LogP contribution >= 0.6 is 38.9 Å². The van der Waals surface area contributed by atoms with E-state index in [1.807, 2.05) is 85.8 Å². The summed E-state index contributed by atoms with van der Waals surface area (Å²) in [5, 5.41) is 15.9. The first-order valence-electron chi connectivity index (χ1n) is 9.75. The number of nitrogens with zero attached hydrogens (tertiary/aromatic N) is 4. The summed E-state index contributed by atoms with van der Waals surface area (Å²) in [4.78, 5) is 0.751. The van der Waals surface area contributed by atoms with Gasteiger partial charge in [0.1, 0.15) is 0 Å². The van der Waals surface area contributed by atoms with E-state index in [-0.39, 0.29) is 0 Å². The minimum absolute atomic E-state index is 0.678. The summed E-state index contributed by atoms with van der Waals surface area (Å²) >= 11 is 11.1. The Kier molecular flexibility index (Phi) is 7.32. The molecule has 1 aromatic heterocycles. The Hall–Kier alpha value is -3.00. The predicted molar refractivity (Wildman–Crippen MR) is 139 cm³/mol. The molecule has 32 heavy (non-hydrogen) atoms. The van der Waals surface area contributed by atoms with Crippen molar-refractivity contribution in [3.05, 3.63) is 98.5 Å². The van der Waals surface area contributed by atoms with Gasteiger partial charge in [-0.2, -0.15) is 10.2 Å². The van der Waals surface area contributed by atoms with Crippen molar-refractivity contribution in [3.63, 3.8) is 0 Å². The zero-order valence-corrected chi connectivity index (χ0v) is 20.3. The molecule has 0 spiro atoms. The number of halogens is 2. The van der Waals surface area contributed by atoms with Gasteiger partial charge in [-0.15, -0.1) is 16.4 Å². The summed E-state index contributed by atoms with van der Waals surface area (Å²) in [5.74, 6) is 0. The third-order valence-corrected chi connectivity index (χ3v) is 6.04. The number of benzene rings is 3. The van der Waals surface area contributed by atoms with Crippen LogP contribution in [0.4, 0.5) is 5.69 Å². The van der Waals surface area contributed by atoms with Gasteiger partial charge in [-0.05, 0) is 61.0 Å². The molecule has 0 amide bonds. The molecule has 1 N–H and O–H groups in total. The van der Waals surface area contributed by atoms with Crippen molar-refractivity contribution in [2.75, 3.05) is 5.43 Å². The van der Waals surface area contributed by atoms with Crippen LogP contribution in [0.3, 0.4) is 0 Å². The topological polar surface area (TPSA) is 54.0 Å². The van der Waals surface area contributed by atoms with Crippen LogP contribution < -0.4 is 10.2 Å². The van der Waals surface area contributed by atoms with Gasteiger partial charge in [-0.1, -0.05) is 57.9 Å². The quantitative estimate of drug-likeness (QED) is 0.214. The molecule has 0 saturated carbocycles. The minimum atomic E-state index is 0.678. The Morgan fingerprint density at radius 2 is 1.72 bits per heavy atom. The first kappa shape index (κ1) is 22.2. The van der Waals surface area contributed by atoms with Gasteiger partial charge in [0.15, 0.2) is 0 Å². The molecule has 3 aromatic carbocycles. The Bertz CT molecular complexity index is 1310. The summed E-state index contributed by atoms with van der Waals surface area (Å²) in [6.07, 6.45) is 1.65. The molecule has 0 radical (unpaired) electrons. The van der Waals surface area contributed by atoms with E-state index >= 15 is 0 Å². The highest BCUT2D eigenvalue weighted by molar-refractivity contribution is 9.10. The summed E-state index contributed by atoms with van der Waals surface area (Å²) in [6, 6.07) is 25.6. The Balaban J connectivity index is 1.68. The highest BCUT2D eigenvalue weighted by Gasteiger charge is 2.10. The maximum absolute atomic E-state index is 6.08. The zero-order valence-electron chi connectivity index (χ0n) is 17.1. The average molecular weight is 525 g/mol. The Labute approximate surface area is 203 Å². The van der Waals surface area contributed by atoms with E-state index in [0.29, 0.717) is 10.7 Å². The fourth-order valence-electron chi connectivity index (χ4n) is 2.90. The Morgan fingerprint density at radius 3 is 2.44 bits per heavy atom. The molecule has 160 valence electrons. The molecule has 0 saturated heterocycles. The number of thiazole rings is 1. The third kappa shape index (κ3) is 5.62. The fourth-order valence-corrected chi connectivity index (χ4v) is 4.15. The smallest absolute Gasteiger partial charge is 0.215 e. The number of anilines is 1. The molecule has 0 aliphatic carbocycles. The molecule has 0 fully saturated rings. The minimum Gasteiger partial charge on any atom is -0.284 e. The van der Waals surface area contributed by atoms with Gasteiger partial charge in [-0.25, -0.2) is 0 Å². The van der Waals surface area contributed by atoms with Crippen LogP contribution in [0.2, 0.25) is 5.02 Å². The van der Waals surface area contributed by atoms with Crippen molar-refractivity contribution >= 4 is 56.5 Å². The fraction of sp³-hybridized carbons (Fsp3) is 0.0417. The van der Waals surface area contributed by atoms with Crippen LogP contribution in [-0.4, -0.2) is 16.5 Å². The normalized spacial score (nSPS) is 12.5. The molecule has 4 aromatic rings. The first-order chi connectivity index (χ1) is 15.6. The van der Waals surface area contributed by atoms with Crippen molar-refractivity contribution in [2.45, 2.75) is 6.92 Å². The molecule has 5 nitrogen and oxygen atoms in total. The standard InChI is InChI=1S/C24H19BrClN5S/c1-17(15-27-29-21-5-3-2-4-6-21)28-30-24-31(22-13-9-19(25)10-14-22)23(16-32-24)18-7-11-20(26)12-8-18/h2-16,29H,1H3/b27-15+,28-17+,30-24-. The average Bonchev–Trinajstić information content (AvgIpc) is 3.23. The van der Waals surface area contributed by atoms with Crippen LogP contribution in [0.1, 0.15) is 6.92 Å². The highest BCUT2D eigenvalue weighted by atomic mass is 79.9. The molecule has 8 heteroatoms. The van der Waals surface area contributed by atoms with Gasteiger partial charge in [0, 0.05) is 20.6 Å². The number of nitrogens with one attached hydrogen (secondary N) is 1. The second-order valence-corrected chi connectivity index (χ2v) is 8.99. The lowest BCUT2D eigenvalue weighted by Gasteiger charge is -2.09. The number of hydrogen-bond acceptors (Lipinski definition) is 5. The molecular formula is C24H19BrClN5S. The summed E-state index contributed by atoms with van der Waals surface area (Å²) in [6.45, 7) is 1.86. The van der Waals surface area contributed by atoms with Crippen LogP contribution in [0.5, 0.6) is 0 Å². The number of hydrazone groups is 1. The van der Waals surface area contributed by atoms with Gasteiger partial charge in [0.2, 0.25) is 4.80 Å². The number of para-hydroxylation sites is 1. The van der Waals surface area contributed by atoms with Gasteiger partial charge in [0.25, 0.3) is 0 Å². The molecule has 1 heterocycles. The van der Waals surface area contributed by atoms with Crippen LogP contribution in [0.25, 0.3) is 16.9 Å². The van der Waals surface area contributed by atoms with Gasteiger partial charge in [-0.3, -0.25) is 9.99 Å². The molecule has 0 aliphatic heterocycles. The largest absolute Gasteiger partial charge is 0.284 e. The van der Waals surface area contributed by atoms with E-state index in [0.717, 1.165) is 31.9 Å². The predicted octanol–water partition coefficient (Wildman–Crippen LogP) is 7.00. The van der Waals surface area contributed by atoms with E-state index in [2.05, 4.69) is 46.6 Å². The van der Waals surface area contributed by atoms with Gasteiger partial charge >= 0.3 is 0 Å². The molecule has 0 atom stereocenters. The van der Waals surface area contributed by atoms with Crippen molar-refractivity contribution in [1.82, 2.24) is 4.57 Å².